The lowest BCUT2D eigenvalue weighted by molar-refractivity contribution is -0.147. The van der Waals surface area contributed by atoms with Gasteiger partial charge in [0.25, 0.3) is 0 Å². The van der Waals surface area contributed by atoms with E-state index < -0.39 is 57.6 Å². The Morgan fingerprint density at radius 2 is 1.21 bits per heavy atom. The van der Waals surface area contributed by atoms with Gasteiger partial charge in [0.15, 0.2) is 6.04 Å². The predicted octanol–water partition coefficient (Wildman–Crippen LogP) is 7.66. The van der Waals surface area contributed by atoms with E-state index in [2.05, 4.69) is 77.5 Å². The Bertz CT molecular complexity index is 1050. The van der Waals surface area contributed by atoms with Gasteiger partial charge in [-0.25, -0.2) is 9.36 Å². The highest BCUT2D eigenvalue weighted by Gasteiger charge is 2.28. The second kappa shape index (κ2) is 31.4. The van der Waals surface area contributed by atoms with Gasteiger partial charge in [-0.15, -0.1) is 0 Å². The SMILES string of the molecule is CC/C=C\C/C=C\C/C=C\C/C=C\C/C=C\CCCCCCCC(=O)NC(COP(=O)(O)OCC(O)COC(=O)CCCCC)C(=O)O. The van der Waals surface area contributed by atoms with E-state index in [4.69, 9.17) is 9.26 Å². The van der Waals surface area contributed by atoms with E-state index >= 15 is 0 Å². The Hall–Kier alpha value is -2.82. The number of aliphatic hydroxyl groups is 1. The molecule has 0 saturated heterocycles. The molecule has 0 aliphatic rings. The van der Waals surface area contributed by atoms with Crippen LogP contribution in [0.15, 0.2) is 60.8 Å². The molecule has 4 N–H and O–H groups in total. The molecule has 0 aromatic rings. The molecule has 0 bridgehead atoms. The van der Waals surface area contributed by atoms with Crippen LogP contribution in [0.5, 0.6) is 0 Å². The second-order valence-corrected chi connectivity index (χ2v) is 12.8. The van der Waals surface area contributed by atoms with Gasteiger partial charge < -0.3 is 25.2 Å². The van der Waals surface area contributed by atoms with E-state index in [1.807, 2.05) is 6.92 Å². The number of carboxylic acids is 1. The number of phosphoric acid groups is 1. The number of aliphatic hydroxyl groups excluding tert-OH is 1. The minimum Gasteiger partial charge on any atom is -0.480 e. The fraction of sp³-hybridized carbons (Fsp3) is 0.639. The third-order valence-corrected chi connectivity index (χ3v) is 7.77. The number of hydrogen-bond acceptors (Lipinski definition) is 8. The number of unbranched alkanes of at least 4 members (excludes halogenated alkanes) is 7. The maximum atomic E-state index is 12.2. The summed E-state index contributed by atoms with van der Waals surface area (Å²) in [5, 5.41) is 21.5. The molecule has 0 aliphatic carbocycles. The summed E-state index contributed by atoms with van der Waals surface area (Å²) in [5.74, 6) is -2.44. The Morgan fingerprint density at radius 3 is 1.79 bits per heavy atom. The first kappa shape index (κ1) is 45.2. The number of carbonyl (C=O) groups is 3. The number of aliphatic carboxylic acids is 1. The van der Waals surface area contributed by atoms with E-state index in [9.17, 15) is 34.1 Å². The van der Waals surface area contributed by atoms with Crippen molar-refractivity contribution in [3.05, 3.63) is 60.8 Å². The molecule has 11 nitrogen and oxygen atoms in total. The van der Waals surface area contributed by atoms with Crippen LogP contribution in [0, 0.1) is 0 Å². The largest absolute Gasteiger partial charge is 0.480 e. The zero-order valence-electron chi connectivity index (χ0n) is 29.0. The third kappa shape index (κ3) is 30.5. The zero-order valence-corrected chi connectivity index (χ0v) is 29.9. The van der Waals surface area contributed by atoms with Gasteiger partial charge in [0.1, 0.15) is 12.7 Å². The van der Waals surface area contributed by atoms with Crippen molar-refractivity contribution in [1.82, 2.24) is 5.32 Å². The molecule has 3 unspecified atom stereocenters. The number of phosphoric ester groups is 1. The lowest BCUT2D eigenvalue weighted by Crippen LogP contribution is -2.43. The van der Waals surface area contributed by atoms with Crippen LogP contribution < -0.4 is 5.32 Å². The van der Waals surface area contributed by atoms with Crippen LogP contribution in [0.1, 0.15) is 117 Å². The molecule has 0 aromatic carbocycles. The maximum absolute atomic E-state index is 12.2. The number of allylic oxidation sites excluding steroid dienone is 10. The summed E-state index contributed by atoms with van der Waals surface area (Å²) >= 11 is 0. The summed E-state index contributed by atoms with van der Waals surface area (Å²) in [6.45, 7) is 2.21. The first-order valence-electron chi connectivity index (χ1n) is 17.3. The molecule has 0 spiro atoms. The first-order valence-corrected chi connectivity index (χ1v) is 18.8. The van der Waals surface area contributed by atoms with Gasteiger partial charge >= 0.3 is 19.8 Å². The van der Waals surface area contributed by atoms with Crippen molar-refractivity contribution in [3.63, 3.8) is 0 Å². The normalized spacial score (nSPS) is 14.8. The number of nitrogens with one attached hydrogen (secondary N) is 1. The maximum Gasteiger partial charge on any atom is 0.472 e. The molecule has 0 aliphatic heterocycles. The van der Waals surface area contributed by atoms with E-state index in [-0.39, 0.29) is 12.8 Å². The second-order valence-electron chi connectivity index (χ2n) is 11.3. The Labute approximate surface area is 287 Å². The molecule has 0 aromatic heterocycles. The molecule has 0 fully saturated rings. The number of esters is 1. The van der Waals surface area contributed by atoms with E-state index in [1.54, 1.807) is 0 Å². The highest BCUT2D eigenvalue weighted by Crippen LogP contribution is 2.43. The first-order chi connectivity index (χ1) is 23.1. The number of hydrogen-bond donors (Lipinski definition) is 4. The van der Waals surface area contributed by atoms with Crippen molar-refractivity contribution in [2.75, 3.05) is 19.8 Å². The molecule has 3 atom stereocenters. The van der Waals surface area contributed by atoms with Crippen LogP contribution in [0.2, 0.25) is 0 Å². The molecule has 0 rings (SSSR count). The Morgan fingerprint density at radius 1 is 0.688 bits per heavy atom. The van der Waals surface area contributed by atoms with E-state index in [1.165, 1.54) is 0 Å². The monoisotopic (exact) mass is 697 g/mol. The van der Waals surface area contributed by atoms with Crippen molar-refractivity contribution < 1.29 is 47.8 Å². The van der Waals surface area contributed by atoms with Crippen LogP contribution in [0.25, 0.3) is 0 Å². The number of carbonyl (C=O) groups excluding carboxylic acids is 2. The molecule has 12 heteroatoms. The van der Waals surface area contributed by atoms with Gasteiger partial charge in [0, 0.05) is 12.8 Å². The number of amides is 1. The smallest absolute Gasteiger partial charge is 0.472 e. The van der Waals surface area contributed by atoms with Crippen molar-refractivity contribution in [1.29, 1.82) is 0 Å². The average Bonchev–Trinajstić information content (AvgIpc) is 3.05. The Balaban J connectivity index is 3.99. The minimum absolute atomic E-state index is 0.120. The van der Waals surface area contributed by atoms with E-state index in [0.717, 1.165) is 77.0 Å². The minimum atomic E-state index is -4.74. The Kier molecular flexibility index (Phi) is 29.6. The van der Waals surface area contributed by atoms with Gasteiger partial charge in [0.2, 0.25) is 5.91 Å². The highest BCUT2D eigenvalue weighted by atomic mass is 31.2. The van der Waals surface area contributed by atoms with Crippen LogP contribution in [0.4, 0.5) is 0 Å². The molecule has 48 heavy (non-hydrogen) atoms. The van der Waals surface area contributed by atoms with Gasteiger partial charge in [-0.3, -0.25) is 18.6 Å². The van der Waals surface area contributed by atoms with Crippen molar-refractivity contribution in [3.8, 4) is 0 Å². The van der Waals surface area contributed by atoms with Crippen molar-refractivity contribution >= 4 is 25.7 Å². The molecule has 0 radical (unpaired) electrons. The number of ether oxygens (including phenoxy) is 1. The summed E-state index contributed by atoms with van der Waals surface area (Å²) in [6, 6.07) is -1.56. The van der Waals surface area contributed by atoms with Gasteiger partial charge in [-0.05, 0) is 57.8 Å². The molecule has 0 heterocycles. The summed E-state index contributed by atoms with van der Waals surface area (Å²) in [7, 11) is -4.74. The van der Waals surface area contributed by atoms with Crippen molar-refractivity contribution in [2.45, 2.75) is 129 Å². The van der Waals surface area contributed by atoms with Crippen LogP contribution in [-0.2, 0) is 32.7 Å². The van der Waals surface area contributed by atoms with Crippen LogP contribution in [0.3, 0.4) is 0 Å². The van der Waals surface area contributed by atoms with Gasteiger partial charge in [0.05, 0.1) is 13.2 Å². The molecule has 0 saturated carbocycles. The lowest BCUT2D eigenvalue weighted by atomic mass is 10.1. The third-order valence-electron chi connectivity index (χ3n) is 6.82. The average molecular weight is 698 g/mol. The van der Waals surface area contributed by atoms with Gasteiger partial charge in [-0.2, -0.15) is 0 Å². The lowest BCUT2D eigenvalue weighted by Gasteiger charge is -2.18. The fourth-order valence-corrected chi connectivity index (χ4v) is 4.88. The van der Waals surface area contributed by atoms with Gasteiger partial charge in [-0.1, -0.05) is 107 Å². The van der Waals surface area contributed by atoms with Crippen molar-refractivity contribution in [2.24, 2.45) is 0 Å². The summed E-state index contributed by atoms with van der Waals surface area (Å²) < 4.78 is 26.3. The predicted molar refractivity (Wildman–Crippen MR) is 189 cm³/mol. The summed E-state index contributed by atoms with van der Waals surface area (Å²) in [5.41, 5.74) is 0. The summed E-state index contributed by atoms with van der Waals surface area (Å²) in [4.78, 5) is 45.1. The quantitative estimate of drug-likeness (QED) is 0.0244. The number of rotatable bonds is 31. The molecule has 1 amide bonds. The van der Waals surface area contributed by atoms with Crippen LogP contribution >= 0.6 is 7.82 Å². The zero-order chi connectivity index (χ0) is 35.7. The fourth-order valence-electron chi connectivity index (χ4n) is 4.10. The topological polar surface area (TPSA) is 169 Å². The standard InChI is InChI=1S/C36H60NO10P/c1-3-5-7-8-9-10-11-12-13-14-15-16-17-18-19-20-21-22-23-24-26-27-34(39)37-33(36(41)42)31-47-48(43,44)46-30-32(38)29-45-35(40)28-25-6-4-2/h5,7,9-10,12-13,15-16,18-19,32-33,38H,3-4,6,8,11,14,17,20-31H2,1-2H3,(H,37,39)(H,41,42)(H,43,44)/b7-5-,10-9-,13-12-,16-15-,19-18-. The number of carboxylic acid groups (broad SMARTS) is 1. The highest BCUT2D eigenvalue weighted by molar-refractivity contribution is 7.47. The summed E-state index contributed by atoms with van der Waals surface area (Å²) in [6.07, 6.45) is 33.5. The van der Waals surface area contributed by atoms with Crippen LogP contribution in [-0.4, -0.2) is 64.9 Å². The molecular weight excluding hydrogens is 637 g/mol. The molecular formula is C36H60NO10P. The molecule has 274 valence electrons. The van der Waals surface area contributed by atoms with E-state index in [0.29, 0.717) is 12.8 Å².